The van der Waals surface area contributed by atoms with E-state index in [1.54, 1.807) is 7.11 Å². The zero-order valence-corrected chi connectivity index (χ0v) is 15.9. The summed E-state index contributed by atoms with van der Waals surface area (Å²) in [5.74, 6) is 1.56. The minimum Gasteiger partial charge on any atom is -0.497 e. The predicted octanol–water partition coefficient (Wildman–Crippen LogP) is 6.57. The molecular weight excluding hydrogens is 318 g/mol. The topological polar surface area (TPSA) is 21.3 Å². The molecule has 0 aliphatic carbocycles. The third kappa shape index (κ3) is 7.60. The number of methoxy groups -OCH3 is 1. The highest BCUT2D eigenvalue weighted by molar-refractivity contribution is 5.48. The van der Waals surface area contributed by atoms with E-state index in [4.69, 9.17) is 4.74 Å². The highest BCUT2D eigenvalue weighted by atomic mass is 16.5. The molecule has 138 valence electrons. The summed E-state index contributed by atoms with van der Waals surface area (Å²) in [5, 5.41) is 3.56. The van der Waals surface area contributed by atoms with Gasteiger partial charge in [0.25, 0.3) is 0 Å². The summed E-state index contributed by atoms with van der Waals surface area (Å²) in [5.41, 5.74) is 2.43. The summed E-state index contributed by atoms with van der Waals surface area (Å²) in [4.78, 5) is 0. The molecule has 2 rings (SSSR count). The molecule has 1 atom stereocenters. The number of hydrogen-bond acceptors (Lipinski definition) is 2. The van der Waals surface area contributed by atoms with Crippen LogP contribution in [0.1, 0.15) is 37.7 Å². The zero-order chi connectivity index (χ0) is 18.5. The molecule has 0 heterocycles. The van der Waals surface area contributed by atoms with Crippen molar-refractivity contribution >= 4 is 11.8 Å². The van der Waals surface area contributed by atoms with Gasteiger partial charge in [-0.3, -0.25) is 0 Å². The van der Waals surface area contributed by atoms with Crippen molar-refractivity contribution in [1.82, 2.24) is 0 Å². The Kier molecular flexibility index (Phi) is 9.13. The summed E-state index contributed by atoms with van der Waals surface area (Å²) in [6.45, 7) is 4.87. The number of nitrogens with one attached hydrogen (secondary N) is 1. The van der Waals surface area contributed by atoms with E-state index in [-0.39, 0.29) is 0 Å². The number of allylic oxidation sites excluding steroid dienone is 2. The summed E-state index contributed by atoms with van der Waals surface area (Å²) in [7, 11) is 1.69. The van der Waals surface area contributed by atoms with E-state index in [0.29, 0.717) is 5.92 Å². The first kappa shape index (κ1) is 19.8. The Hall–Kier alpha value is -2.48. The van der Waals surface area contributed by atoms with Crippen LogP contribution in [0.4, 0.5) is 5.69 Å². The Morgan fingerprint density at radius 3 is 2.46 bits per heavy atom. The van der Waals surface area contributed by atoms with Crippen molar-refractivity contribution in [2.24, 2.45) is 5.92 Å². The van der Waals surface area contributed by atoms with Gasteiger partial charge >= 0.3 is 0 Å². The molecule has 2 aromatic carbocycles. The average Bonchev–Trinajstić information content (AvgIpc) is 2.70. The molecule has 0 saturated heterocycles. The first-order valence-electron chi connectivity index (χ1n) is 9.52. The van der Waals surface area contributed by atoms with Crippen LogP contribution in [0.2, 0.25) is 0 Å². The maximum Gasteiger partial charge on any atom is 0.119 e. The van der Waals surface area contributed by atoms with Gasteiger partial charge in [-0.2, -0.15) is 0 Å². The van der Waals surface area contributed by atoms with Crippen LogP contribution in [0.15, 0.2) is 73.3 Å². The molecule has 0 spiro atoms. The van der Waals surface area contributed by atoms with Gasteiger partial charge in [-0.05, 0) is 67.9 Å². The van der Waals surface area contributed by atoms with Crippen molar-refractivity contribution in [1.29, 1.82) is 0 Å². The second-order valence-electron chi connectivity index (χ2n) is 6.59. The molecule has 2 heteroatoms. The largest absolute Gasteiger partial charge is 0.497 e. The van der Waals surface area contributed by atoms with Crippen LogP contribution in [-0.2, 0) is 0 Å². The molecule has 0 aliphatic heterocycles. The third-order valence-corrected chi connectivity index (χ3v) is 4.56. The SMILES string of the molecule is C=CCCC(CCC/C=C/c1ccccc1)CNc1ccc(OC)cc1. The minimum atomic E-state index is 0.667. The first-order valence-corrected chi connectivity index (χ1v) is 9.52. The van der Waals surface area contributed by atoms with E-state index in [9.17, 15) is 0 Å². The van der Waals surface area contributed by atoms with Gasteiger partial charge in [0.15, 0.2) is 0 Å². The lowest BCUT2D eigenvalue weighted by Gasteiger charge is -2.17. The van der Waals surface area contributed by atoms with Crippen LogP contribution in [0.25, 0.3) is 6.08 Å². The van der Waals surface area contributed by atoms with Gasteiger partial charge in [-0.25, -0.2) is 0 Å². The van der Waals surface area contributed by atoms with Crippen LogP contribution in [0, 0.1) is 5.92 Å². The molecule has 0 aliphatic rings. The molecule has 1 unspecified atom stereocenters. The zero-order valence-electron chi connectivity index (χ0n) is 15.9. The Balaban J connectivity index is 1.74. The van der Waals surface area contributed by atoms with Crippen LogP contribution >= 0.6 is 0 Å². The maximum atomic E-state index is 5.21. The highest BCUT2D eigenvalue weighted by Crippen LogP contribution is 2.19. The number of ether oxygens (including phenoxy) is 1. The van der Waals surface area contributed by atoms with E-state index < -0.39 is 0 Å². The average molecular weight is 350 g/mol. The monoisotopic (exact) mass is 349 g/mol. The summed E-state index contributed by atoms with van der Waals surface area (Å²) < 4.78 is 5.21. The van der Waals surface area contributed by atoms with Crippen molar-refractivity contribution in [2.45, 2.75) is 32.1 Å². The maximum absolute atomic E-state index is 5.21. The first-order chi connectivity index (χ1) is 12.8. The lowest BCUT2D eigenvalue weighted by Crippen LogP contribution is -2.14. The fraction of sp³-hybridized carbons (Fsp3) is 0.333. The molecule has 0 saturated carbocycles. The van der Waals surface area contributed by atoms with Gasteiger partial charge < -0.3 is 10.1 Å². The normalized spacial score (nSPS) is 12.0. The van der Waals surface area contributed by atoms with Gasteiger partial charge in [0, 0.05) is 12.2 Å². The van der Waals surface area contributed by atoms with Gasteiger partial charge in [0.05, 0.1) is 7.11 Å². The second kappa shape index (κ2) is 12.0. The van der Waals surface area contributed by atoms with Crippen molar-refractivity contribution < 1.29 is 4.74 Å². The fourth-order valence-corrected chi connectivity index (χ4v) is 2.98. The Morgan fingerprint density at radius 1 is 1.00 bits per heavy atom. The van der Waals surface area contributed by atoms with E-state index in [1.807, 2.05) is 18.2 Å². The van der Waals surface area contributed by atoms with Gasteiger partial charge in [0.2, 0.25) is 0 Å². The summed E-state index contributed by atoms with van der Waals surface area (Å²) in [6.07, 6.45) is 12.4. The standard InChI is InChI=1S/C24H31NO/c1-3-4-11-22(20-25-23-16-18-24(26-2)19-17-23)15-10-6-9-14-21-12-7-5-8-13-21/h3,5,7-9,12-14,16-19,22,25H,1,4,6,10-11,15,20H2,2H3/b14-9+. The third-order valence-electron chi connectivity index (χ3n) is 4.56. The van der Waals surface area contributed by atoms with E-state index >= 15 is 0 Å². The Labute approximate surface area is 158 Å². The molecule has 1 N–H and O–H groups in total. The lowest BCUT2D eigenvalue weighted by atomic mass is 9.96. The number of unbranched alkanes of at least 4 members (excludes halogenated alkanes) is 1. The van der Waals surface area contributed by atoms with Crippen molar-refractivity contribution in [3.05, 3.63) is 78.9 Å². The Bertz CT molecular complexity index is 646. The second-order valence-corrected chi connectivity index (χ2v) is 6.59. The van der Waals surface area contributed by atoms with Crippen molar-refractivity contribution in [2.75, 3.05) is 19.0 Å². The molecule has 0 radical (unpaired) electrons. The Morgan fingerprint density at radius 2 is 1.77 bits per heavy atom. The number of hydrogen-bond donors (Lipinski definition) is 1. The van der Waals surface area contributed by atoms with E-state index in [1.165, 1.54) is 24.8 Å². The van der Waals surface area contributed by atoms with Gasteiger partial charge in [-0.1, -0.05) is 48.6 Å². The predicted molar refractivity (Wildman–Crippen MR) is 114 cm³/mol. The van der Waals surface area contributed by atoms with Crippen LogP contribution in [0.5, 0.6) is 5.75 Å². The summed E-state index contributed by atoms with van der Waals surface area (Å²) in [6, 6.07) is 18.6. The molecular formula is C24H31NO. The van der Waals surface area contributed by atoms with Gasteiger partial charge in [-0.15, -0.1) is 6.58 Å². The summed E-state index contributed by atoms with van der Waals surface area (Å²) >= 11 is 0. The van der Waals surface area contributed by atoms with Crippen LogP contribution < -0.4 is 10.1 Å². The van der Waals surface area contributed by atoms with Crippen LogP contribution in [0.3, 0.4) is 0 Å². The van der Waals surface area contributed by atoms with Gasteiger partial charge in [0.1, 0.15) is 5.75 Å². The quantitative estimate of drug-likeness (QED) is 0.345. The minimum absolute atomic E-state index is 0.667. The van der Waals surface area contributed by atoms with E-state index in [2.05, 4.69) is 66.5 Å². The fourth-order valence-electron chi connectivity index (χ4n) is 2.98. The highest BCUT2D eigenvalue weighted by Gasteiger charge is 2.07. The molecule has 0 bridgehead atoms. The lowest BCUT2D eigenvalue weighted by molar-refractivity contribution is 0.415. The molecule has 0 amide bonds. The van der Waals surface area contributed by atoms with Crippen molar-refractivity contribution in [3.63, 3.8) is 0 Å². The number of benzene rings is 2. The van der Waals surface area contributed by atoms with Crippen LogP contribution in [-0.4, -0.2) is 13.7 Å². The molecule has 26 heavy (non-hydrogen) atoms. The molecule has 2 nitrogen and oxygen atoms in total. The number of rotatable bonds is 12. The molecule has 0 aromatic heterocycles. The smallest absolute Gasteiger partial charge is 0.119 e. The number of anilines is 1. The van der Waals surface area contributed by atoms with Crippen molar-refractivity contribution in [3.8, 4) is 5.75 Å². The van der Waals surface area contributed by atoms with E-state index in [0.717, 1.165) is 30.8 Å². The molecule has 0 fully saturated rings. The molecule has 2 aromatic rings.